The minimum atomic E-state index is -0.725. The predicted octanol–water partition coefficient (Wildman–Crippen LogP) is 2.03. The standard InChI is InChI=1S/C14H24N2O3S2/c17-13(18)12-4-2-1-3-10(12)7-15-14(19)16-8-11-9-20-5-6-21-11/h10-12H,1-9H2,(H,17,18)(H2,15,16,19). The summed E-state index contributed by atoms with van der Waals surface area (Å²) in [4.78, 5) is 23.0. The third kappa shape index (κ3) is 5.62. The summed E-state index contributed by atoms with van der Waals surface area (Å²) in [7, 11) is 0. The number of nitrogens with one attached hydrogen (secondary N) is 2. The van der Waals surface area contributed by atoms with Crippen LogP contribution in [0.1, 0.15) is 25.7 Å². The number of aliphatic carboxylic acids is 1. The van der Waals surface area contributed by atoms with E-state index in [1.807, 2.05) is 23.5 Å². The van der Waals surface area contributed by atoms with Gasteiger partial charge in [-0.05, 0) is 18.8 Å². The zero-order valence-corrected chi connectivity index (χ0v) is 13.8. The largest absolute Gasteiger partial charge is 0.481 e. The van der Waals surface area contributed by atoms with Crippen LogP contribution >= 0.6 is 23.5 Å². The molecule has 2 fully saturated rings. The highest BCUT2D eigenvalue weighted by Crippen LogP contribution is 2.29. The number of amides is 2. The Bertz CT molecular complexity index is 362. The fraction of sp³-hybridized carbons (Fsp3) is 0.857. The Morgan fingerprint density at radius 2 is 1.86 bits per heavy atom. The van der Waals surface area contributed by atoms with Gasteiger partial charge in [0, 0.05) is 35.6 Å². The van der Waals surface area contributed by atoms with Crippen LogP contribution in [-0.2, 0) is 4.79 Å². The molecule has 21 heavy (non-hydrogen) atoms. The van der Waals surface area contributed by atoms with E-state index in [9.17, 15) is 14.7 Å². The molecule has 3 atom stereocenters. The van der Waals surface area contributed by atoms with Gasteiger partial charge in [-0.25, -0.2) is 4.79 Å². The molecule has 7 heteroatoms. The summed E-state index contributed by atoms with van der Waals surface area (Å²) in [5.74, 6) is 2.49. The van der Waals surface area contributed by atoms with E-state index in [-0.39, 0.29) is 17.9 Å². The van der Waals surface area contributed by atoms with Crippen LogP contribution < -0.4 is 10.6 Å². The molecule has 2 amide bonds. The highest BCUT2D eigenvalue weighted by atomic mass is 32.2. The Hall–Kier alpha value is -0.560. The van der Waals surface area contributed by atoms with Crippen molar-refractivity contribution in [3.05, 3.63) is 0 Å². The average molecular weight is 332 g/mol. The number of urea groups is 1. The fourth-order valence-electron chi connectivity index (χ4n) is 2.92. The van der Waals surface area contributed by atoms with E-state index in [4.69, 9.17) is 0 Å². The first-order valence-electron chi connectivity index (χ1n) is 7.60. The molecule has 1 saturated heterocycles. The van der Waals surface area contributed by atoms with Crippen LogP contribution in [0.3, 0.4) is 0 Å². The number of rotatable bonds is 5. The Balaban J connectivity index is 1.66. The quantitative estimate of drug-likeness (QED) is 0.718. The number of carbonyl (C=O) groups excluding carboxylic acids is 1. The van der Waals surface area contributed by atoms with Gasteiger partial charge >= 0.3 is 12.0 Å². The van der Waals surface area contributed by atoms with Gasteiger partial charge in [0.1, 0.15) is 0 Å². The maximum absolute atomic E-state index is 11.8. The molecular weight excluding hydrogens is 308 g/mol. The SMILES string of the molecule is O=C(NCC1CSCCS1)NCC1CCCCC1C(=O)O. The van der Waals surface area contributed by atoms with Crippen LogP contribution in [0.4, 0.5) is 4.79 Å². The molecule has 1 heterocycles. The van der Waals surface area contributed by atoms with Crippen molar-refractivity contribution in [1.29, 1.82) is 0 Å². The van der Waals surface area contributed by atoms with Crippen molar-refractivity contribution < 1.29 is 14.7 Å². The lowest BCUT2D eigenvalue weighted by Crippen LogP contribution is -2.44. The molecule has 3 N–H and O–H groups in total. The van der Waals surface area contributed by atoms with Gasteiger partial charge in [-0.2, -0.15) is 23.5 Å². The second-order valence-corrected chi connectivity index (χ2v) is 8.21. The normalized spacial score (nSPS) is 29.6. The maximum Gasteiger partial charge on any atom is 0.314 e. The summed E-state index contributed by atoms with van der Waals surface area (Å²) in [5.41, 5.74) is 0. The highest BCUT2D eigenvalue weighted by Gasteiger charge is 2.30. The smallest absolute Gasteiger partial charge is 0.314 e. The fourth-order valence-corrected chi connectivity index (χ4v) is 5.54. The van der Waals surface area contributed by atoms with E-state index in [0.717, 1.165) is 37.2 Å². The number of thioether (sulfide) groups is 2. The van der Waals surface area contributed by atoms with E-state index in [1.54, 1.807) is 0 Å². The summed E-state index contributed by atoms with van der Waals surface area (Å²) < 4.78 is 0. The third-order valence-electron chi connectivity index (χ3n) is 4.13. The molecule has 3 unspecified atom stereocenters. The van der Waals surface area contributed by atoms with E-state index in [0.29, 0.717) is 18.3 Å². The van der Waals surface area contributed by atoms with Crippen molar-refractivity contribution >= 4 is 35.5 Å². The van der Waals surface area contributed by atoms with E-state index in [1.165, 1.54) is 5.75 Å². The second kappa shape index (κ2) is 8.78. The number of carboxylic acids is 1. The van der Waals surface area contributed by atoms with Gasteiger partial charge in [0.05, 0.1) is 5.92 Å². The minimum Gasteiger partial charge on any atom is -0.481 e. The molecule has 0 aromatic heterocycles. The molecule has 1 aliphatic carbocycles. The predicted molar refractivity (Wildman–Crippen MR) is 88.1 cm³/mol. The molecule has 5 nitrogen and oxygen atoms in total. The summed E-state index contributed by atoms with van der Waals surface area (Å²) in [6, 6.07) is -0.166. The van der Waals surface area contributed by atoms with Gasteiger partial charge < -0.3 is 15.7 Å². The van der Waals surface area contributed by atoms with Gasteiger partial charge in [-0.3, -0.25) is 4.79 Å². The van der Waals surface area contributed by atoms with Gasteiger partial charge in [-0.15, -0.1) is 0 Å². The van der Waals surface area contributed by atoms with Crippen molar-refractivity contribution in [2.75, 3.05) is 30.3 Å². The molecule has 2 aliphatic rings. The van der Waals surface area contributed by atoms with Gasteiger partial charge in [-0.1, -0.05) is 12.8 Å². The van der Waals surface area contributed by atoms with Crippen LogP contribution in [0.15, 0.2) is 0 Å². The van der Waals surface area contributed by atoms with Gasteiger partial charge in [0.25, 0.3) is 0 Å². The van der Waals surface area contributed by atoms with Crippen LogP contribution in [0.2, 0.25) is 0 Å². The van der Waals surface area contributed by atoms with Crippen molar-refractivity contribution in [3.63, 3.8) is 0 Å². The molecule has 120 valence electrons. The van der Waals surface area contributed by atoms with Crippen LogP contribution in [0.5, 0.6) is 0 Å². The first kappa shape index (κ1) is 16.8. The zero-order chi connectivity index (χ0) is 15.1. The Kier molecular flexibility index (Phi) is 7.03. The Morgan fingerprint density at radius 3 is 2.57 bits per heavy atom. The minimum absolute atomic E-state index is 0.0709. The average Bonchev–Trinajstić information content (AvgIpc) is 2.52. The first-order valence-corrected chi connectivity index (χ1v) is 9.81. The van der Waals surface area contributed by atoms with Gasteiger partial charge in [0.2, 0.25) is 0 Å². The molecule has 1 aliphatic heterocycles. The van der Waals surface area contributed by atoms with Crippen LogP contribution in [0, 0.1) is 11.8 Å². The monoisotopic (exact) mass is 332 g/mol. The Morgan fingerprint density at radius 1 is 1.10 bits per heavy atom. The molecule has 0 aromatic carbocycles. The summed E-state index contributed by atoms with van der Waals surface area (Å²) in [6.07, 6.45) is 3.68. The van der Waals surface area contributed by atoms with Crippen molar-refractivity contribution in [2.45, 2.75) is 30.9 Å². The highest BCUT2D eigenvalue weighted by molar-refractivity contribution is 8.06. The Labute approximate surface area is 134 Å². The lowest BCUT2D eigenvalue weighted by atomic mass is 9.79. The van der Waals surface area contributed by atoms with Crippen LogP contribution in [0.25, 0.3) is 0 Å². The van der Waals surface area contributed by atoms with E-state index < -0.39 is 5.97 Å². The van der Waals surface area contributed by atoms with Crippen molar-refractivity contribution in [3.8, 4) is 0 Å². The van der Waals surface area contributed by atoms with E-state index >= 15 is 0 Å². The molecule has 0 bridgehead atoms. The lowest BCUT2D eigenvalue weighted by molar-refractivity contribution is -0.144. The second-order valence-electron chi connectivity index (χ2n) is 5.65. The number of carboxylic acid groups (broad SMARTS) is 1. The molecule has 0 aromatic rings. The number of hydrogen-bond donors (Lipinski definition) is 3. The topological polar surface area (TPSA) is 78.4 Å². The van der Waals surface area contributed by atoms with Gasteiger partial charge in [0.15, 0.2) is 0 Å². The van der Waals surface area contributed by atoms with Crippen molar-refractivity contribution in [1.82, 2.24) is 10.6 Å². The number of carbonyl (C=O) groups is 2. The first-order chi connectivity index (χ1) is 10.2. The summed E-state index contributed by atoms with van der Waals surface area (Å²) in [5, 5.41) is 15.5. The molecule has 2 rings (SSSR count). The summed E-state index contributed by atoms with van der Waals surface area (Å²) >= 11 is 3.85. The lowest BCUT2D eigenvalue weighted by Gasteiger charge is -2.28. The summed E-state index contributed by atoms with van der Waals surface area (Å²) in [6.45, 7) is 1.16. The van der Waals surface area contributed by atoms with E-state index in [2.05, 4.69) is 10.6 Å². The molecule has 0 spiro atoms. The molecule has 1 saturated carbocycles. The molecule has 0 radical (unpaired) electrons. The maximum atomic E-state index is 11.8. The number of hydrogen-bond acceptors (Lipinski definition) is 4. The van der Waals surface area contributed by atoms with Crippen LogP contribution in [-0.4, -0.2) is 52.7 Å². The van der Waals surface area contributed by atoms with Crippen molar-refractivity contribution in [2.24, 2.45) is 11.8 Å². The molecular formula is C14H24N2O3S2. The third-order valence-corrected chi connectivity index (χ3v) is 6.97. The zero-order valence-electron chi connectivity index (χ0n) is 12.2.